The van der Waals surface area contributed by atoms with Gasteiger partial charge in [-0.1, -0.05) is 0 Å². The summed E-state index contributed by atoms with van der Waals surface area (Å²) in [7, 11) is 0. The first-order valence-corrected chi connectivity index (χ1v) is 10.2. The van der Waals surface area contributed by atoms with Crippen LogP contribution in [0.25, 0.3) is 44.7 Å². The molecule has 148 valence electrons. The monoisotopic (exact) mass is 396 g/mol. The van der Waals surface area contributed by atoms with Crippen LogP contribution in [0.4, 0.5) is 0 Å². The van der Waals surface area contributed by atoms with Gasteiger partial charge in [-0.15, -0.1) is 0 Å². The lowest BCUT2D eigenvalue weighted by Gasteiger charge is -2.21. The highest BCUT2D eigenvalue weighted by atomic mass is 15.1. The predicted molar refractivity (Wildman–Crippen MR) is 115 cm³/mol. The second kappa shape index (κ2) is 7.00. The third-order valence-corrected chi connectivity index (χ3v) is 5.83. The molecule has 6 heterocycles. The van der Waals surface area contributed by atoms with Gasteiger partial charge in [0.25, 0.3) is 0 Å². The first-order valence-electron chi connectivity index (χ1n) is 10.2. The molecular formula is C22H20N8. The van der Waals surface area contributed by atoms with Crippen LogP contribution in [-0.4, -0.2) is 48.2 Å². The van der Waals surface area contributed by atoms with E-state index in [9.17, 15) is 0 Å². The van der Waals surface area contributed by atoms with E-state index in [1.54, 1.807) is 18.6 Å². The molecule has 0 amide bonds. The first kappa shape index (κ1) is 17.2. The third kappa shape index (κ3) is 2.84. The number of H-pyrrole nitrogens is 2. The number of aromatic nitrogens is 7. The van der Waals surface area contributed by atoms with Gasteiger partial charge in [0, 0.05) is 41.2 Å². The Kier molecular flexibility index (Phi) is 4.02. The quantitative estimate of drug-likeness (QED) is 0.431. The molecule has 0 spiro atoms. The lowest BCUT2D eigenvalue weighted by Crippen LogP contribution is -2.27. The summed E-state index contributed by atoms with van der Waals surface area (Å²) >= 11 is 0. The molecule has 1 fully saturated rings. The number of pyridine rings is 3. The topological polar surface area (TPSA) is 108 Å². The van der Waals surface area contributed by atoms with Crippen LogP contribution in [0.2, 0.25) is 0 Å². The minimum atomic E-state index is 0.481. The van der Waals surface area contributed by atoms with E-state index >= 15 is 0 Å². The number of hydrogen-bond donors (Lipinski definition) is 3. The van der Waals surface area contributed by atoms with Gasteiger partial charge < -0.3 is 10.3 Å². The molecule has 5 aromatic rings. The molecule has 0 atom stereocenters. The Bertz CT molecular complexity index is 1330. The molecule has 1 saturated heterocycles. The second-order valence-corrected chi connectivity index (χ2v) is 7.63. The molecule has 30 heavy (non-hydrogen) atoms. The molecule has 6 rings (SSSR count). The van der Waals surface area contributed by atoms with Crippen molar-refractivity contribution in [3.05, 3.63) is 54.7 Å². The van der Waals surface area contributed by atoms with Crippen molar-refractivity contribution in [3.63, 3.8) is 0 Å². The van der Waals surface area contributed by atoms with Gasteiger partial charge in [-0.2, -0.15) is 5.10 Å². The highest BCUT2D eigenvalue weighted by Crippen LogP contribution is 2.32. The fourth-order valence-electron chi connectivity index (χ4n) is 4.25. The molecule has 0 radical (unpaired) electrons. The lowest BCUT2D eigenvalue weighted by atomic mass is 9.93. The van der Waals surface area contributed by atoms with Crippen molar-refractivity contribution in [3.8, 4) is 22.6 Å². The highest BCUT2D eigenvalue weighted by molar-refractivity contribution is 5.95. The zero-order valence-electron chi connectivity index (χ0n) is 16.3. The Hall–Kier alpha value is -3.65. The van der Waals surface area contributed by atoms with Crippen molar-refractivity contribution in [2.45, 2.75) is 18.8 Å². The van der Waals surface area contributed by atoms with Crippen LogP contribution < -0.4 is 5.32 Å². The second-order valence-electron chi connectivity index (χ2n) is 7.63. The summed E-state index contributed by atoms with van der Waals surface area (Å²) in [6.07, 6.45) is 9.45. The number of nitrogens with one attached hydrogen (secondary N) is 3. The van der Waals surface area contributed by atoms with Gasteiger partial charge in [0.05, 0.1) is 17.2 Å². The first-order chi connectivity index (χ1) is 14.9. The van der Waals surface area contributed by atoms with E-state index in [-0.39, 0.29) is 0 Å². The number of nitrogens with zero attached hydrogens (tertiary/aromatic N) is 5. The normalized spacial score (nSPS) is 15.2. The van der Waals surface area contributed by atoms with Crippen LogP contribution in [0.5, 0.6) is 0 Å². The number of piperidine rings is 1. The van der Waals surface area contributed by atoms with Crippen molar-refractivity contribution in [1.29, 1.82) is 0 Å². The van der Waals surface area contributed by atoms with E-state index in [4.69, 9.17) is 4.98 Å². The molecule has 0 saturated carbocycles. The molecule has 0 bridgehead atoms. The molecule has 0 aliphatic carbocycles. The summed E-state index contributed by atoms with van der Waals surface area (Å²) in [5.74, 6) is 1.18. The van der Waals surface area contributed by atoms with E-state index in [0.29, 0.717) is 17.4 Å². The van der Waals surface area contributed by atoms with Crippen molar-refractivity contribution < 1.29 is 0 Å². The largest absolute Gasteiger partial charge is 0.335 e. The summed E-state index contributed by atoms with van der Waals surface area (Å²) in [5.41, 5.74) is 6.49. The smallest absolute Gasteiger partial charge is 0.178 e. The van der Waals surface area contributed by atoms with E-state index in [1.807, 2.05) is 24.4 Å². The van der Waals surface area contributed by atoms with Crippen LogP contribution in [0.3, 0.4) is 0 Å². The van der Waals surface area contributed by atoms with Crippen LogP contribution in [0, 0.1) is 0 Å². The minimum Gasteiger partial charge on any atom is -0.335 e. The Morgan fingerprint density at radius 1 is 0.967 bits per heavy atom. The van der Waals surface area contributed by atoms with Gasteiger partial charge in [0.1, 0.15) is 5.69 Å². The maximum absolute atomic E-state index is 4.74. The van der Waals surface area contributed by atoms with Gasteiger partial charge in [0.15, 0.2) is 11.5 Å². The van der Waals surface area contributed by atoms with Crippen molar-refractivity contribution >= 4 is 22.1 Å². The summed E-state index contributed by atoms with van der Waals surface area (Å²) in [4.78, 5) is 21.4. The standard InChI is InChI=1S/C22H20N8/c1-6-23-7-2-13(1)15-5-10-25-21-19(15)27-22(28-21)20-16-11-17(14-3-8-24-9-4-14)26-12-18(16)29-30-20/h1-2,5-7,10-12,14,24H,3-4,8-9H2,(H,29,30)(H,25,27,28). The molecule has 0 aromatic carbocycles. The minimum absolute atomic E-state index is 0.481. The maximum Gasteiger partial charge on any atom is 0.178 e. The van der Waals surface area contributed by atoms with E-state index in [0.717, 1.165) is 64.9 Å². The summed E-state index contributed by atoms with van der Waals surface area (Å²) in [6.45, 7) is 2.07. The van der Waals surface area contributed by atoms with Crippen LogP contribution >= 0.6 is 0 Å². The van der Waals surface area contributed by atoms with E-state index < -0.39 is 0 Å². The molecule has 8 nitrogen and oxygen atoms in total. The Morgan fingerprint density at radius 3 is 2.70 bits per heavy atom. The number of imidazole rings is 1. The number of rotatable bonds is 3. The Labute approximate surface area is 172 Å². The SMILES string of the molecule is c1cc(-c2ccnc3nc(-c4n[nH]c5cnc(C6CCNCC6)cc45)[nH]c23)ccn1. The Balaban J connectivity index is 1.47. The van der Waals surface area contributed by atoms with E-state index in [1.165, 1.54) is 0 Å². The summed E-state index contributed by atoms with van der Waals surface area (Å²) in [6, 6.07) is 8.11. The average Bonchev–Trinajstić information content (AvgIpc) is 3.43. The summed E-state index contributed by atoms with van der Waals surface area (Å²) < 4.78 is 0. The number of hydrogen-bond acceptors (Lipinski definition) is 6. The fourth-order valence-corrected chi connectivity index (χ4v) is 4.25. The maximum atomic E-state index is 4.74. The molecule has 1 aliphatic rings. The molecule has 1 aliphatic heterocycles. The molecular weight excluding hydrogens is 376 g/mol. The Morgan fingerprint density at radius 2 is 1.83 bits per heavy atom. The van der Waals surface area contributed by atoms with Crippen LogP contribution in [0.15, 0.2) is 49.1 Å². The van der Waals surface area contributed by atoms with E-state index in [2.05, 4.69) is 41.5 Å². The predicted octanol–water partition coefficient (Wildman–Crippen LogP) is 3.43. The van der Waals surface area contributed by atoms with Gasteiger partial charge in [-0.25, -0.2) is 9.97 Å². The van der Waals surface area contributed by atoms with Crippen molar-refractivity contribution in [2.24, 2.45) is 0 Å². The van der Waals surface area contributed by atoms with Crippen LogP contribution in [-0.2, 0) is 0 Å². The molecule has 5 aromatic heterocycles. The highest BCUT2D eigenvalue weighted by Gasteiger charge is 2.20. The van der Waals surface area contributed by atoms with Crippen molar-refractivity contribution in [2.75, 3.05) is 13.1 Å². The molecule has 3 N–H and O–H groups in total. The third-order valence-electron chi connectivity index (χ3n) is 5.83. The van der Waals surface area contributed by atoms with Crippen molar-refractivity contribution in [1.82, 2.24) is 40.4 Å². The van der Waals surface area contributed by atoms with Gasteiger partial charge in [0.2, 0.25) is 0 Å². The molecule has 8 heteroatoms. The number of fused-ring (bicyclic) bond motifs is 2. The van der Waals surface area contributed by atoms with Gasteiger partial charge in [-0.05, 0) is 55.8 Å². The molecule has 0 unspecified atom stereocenters. The van der Waals surface area contributed by atoms with Gasteiger partial charge in [-0.3, -0.25) is 15.1 Å². The summed E-state index contributed by atoms with van der Waals surface area (Å²) in [5, 5.41) is 12.1. The average molecular weight is 396 g/mol. The fraction of sp³-hybridized carbons (Fsp3) is 0.227. The van der Waals surface area contributed by atoms with Gasteiger partial charge >= 0.3 is 0 Å². The zero-order valence-corrected chi connectivity index (χ0v) is 16.3. The van der Waals surface area contributed by atoms with Crippen LogP contribution in [0.1, 0.15) is 24.5 Å². The number of aromatic amines is 2. The zero-order chi connectivity index (χ0) is 19.9. The lowest BCUT2D eigenvalue weighted by molar-refractivity contribution is 0.453.